The van der Waals surface area contributed by atoms with Gasteiger partial charge in [0.2, 0.25) is 0 Å². The van der Waals surface area contributed by atoms with E-state index in [0.29, 0.717) is 5.56 Å². The van der Waals surface area contributed by atoms with Crippen LogP contribution in [0.5, 0.6) is 5.75 Å². The van der Waals surface area contributed by atoms with E-state index in [9.17, 15) is 15.2 Å². The summed E-state index contributed by atoms with van der Waals surface area (Å²) in [5.74, 6) is -0.0467. The molecule has 0 saturated heterocycles. The van der Waals surface area contributed by atoms with Gasteiger partial charge in [0.05, 0.1) is 16.4 Å². The van der Waals surface area contributed by atoms with Crippen LogP contribution in [0.15, 0.2) is 54.2 Å². The van der Waals surface area contributed by atoms with Gasteiger partial charge in [0, 0.05) is 6.08 Å². The Hall–Kier alpha value is -2.33. The van der Waals surface area contributed by atoms with E-state index in [1.54, 1.807) is 6.07 Å². The average Bonchev–Trinajstić information content (AvgIpc) is 2.43. The maximum absolute atomic E-state index is 11.1. The van der Waals surface area contributed by atoms with Crippen molar-refractivity contribution in [3.8, 4) is 5.75 Å². The molecule has 0 fully saturated rings. The third-order valence-electron chi connectivity index (χ3n) is 2.77. The topological polar surface area (TPSA) is 63.4 Å². The Morgan fingerprint density at radius 1 is 1.25 bits per heavy atom. The van der Waals surface area contributed by atoms with E-state index >= 15 is 0 Å². The summed E-state index contributed by atoms with van der Waals surface area (Å²) in [7, 11) is 0. The largest absolute Gasteiger partial charge is 0.506 e. The number of hydrogen-bond donors (Lipinski definition) is 1. The molecule has 0 spiro atoms. The number of allylic oxidation sites excluding steroid dienone is 1. The second-order valence-corrected chi connectivity index (χ2v) is 4.67. The lowest BCUT2D eigenvalue weighted by Crippen LogP contribution is -2.02. The van der Waals surface area contributed by atoms with Crippen molar-refractivity contribution in [2.75, 3.05) is 0 Å². The van der Waals surface area contributed by atoms with Gasteiger partial charge >= 0.3 is 0 Å². The number of halogens is 1. The predicted molar refractivity (Wildman–Crippen MR) is 78.2 cm³/mol. The van der Waals surface area contributed by atoms with E-state index in [0.717, 1.165) is 5.56 Å². The Balaban J connectivity index is 2.30. The molecule has 0 aliphatic carbocycles. The van der Waals surface area contributed by atoms with E-state index in [4.69, 9.17) is 11.6 Å². The molecule has 20 heavy (non-hydrogen) atoms. The van der Waals surface area contributed by atoms with Gasteiger partial charge in [-0.3, -0.25) is 10.1 Å². The fourth-order valence-electron chi connectivity index (χ4n) is 1.78. The molecule has 0 bridgehead atoms. The Morgan fingerprint density at radius 2 is 1.95 bits per heavy atom. The number of hydrogen-bond acceptors (Lipinski definition) is 3. The van der Waals surface area contributed by atoms with E-state index in [-0.39, 0.29) is 22.9 Å². The van der Waals surface area contributed by atoms with Crippen LogP contribution in [0.25, 0.3) is 6.08 Å². The highest BCUT2D eigenvalue weighted by Crippen LogP contribution is 2.25. The van der Waals surface area contributed by atoms with Crippen LogP contribution in [0.2, 0.25) is 5.02 Å². The third kappa shape index (κ3) is 3.59. The van der Waals surface area contributed by atoms with Crippen molar-refractivity contribution in [3.63, 3.8) is 0 Å². The number of phenolic OH excluding ortho intramolecular Hbond substituents is 1. The van der Waals surface area contributed by atoms with Crippen molar-refractivity contribution >= 4 is 17.7 Å². The van der Waals surface area contributed by atoms with Crippen molar-refractivity contribution in [3.05, 3.63) is 80.5 Å². The van der Waals surface area contributed by atoms with Gasteiger partial charge in [-0.15, -0.1) is 0 Å². The van der Waals surface area contributed by atoms with E-state index in [1.807, 2.05) is 30.3 Å². The van der Waals surface area contributed by atoms with Crippen LogP contribution in [-0.2, 0) is 6.42 Å². The third-order valence-corrected chi connectivity index (χ3v) is 3.07. The first-order valence-corrected chi connectivity index (χ1v) is 6.31. The fourth-order valence-corrected chi connectivity index (χ4v) is 1.97. The van der Waals surface area contributed by atoms with Crippen LogP contribution < -0.4 is 0 Å². The Kier molecular flexibility index (Phi) is 4.38. The molecule has 2 rings (SSSR count). The molecule has 1 N–H and O–H groups in total. The predicted octanol–water partition coefficient (Wildman–Crippen LogP) is 3.91. The number of nitro groups is 1. The van der Waals surface area contributed by atoms with Crippen LogP contribution in [0, 0.1) is 10.1 Å². The lowest BCUT2D eigenvalue weighted by atomic mass is 10.1. The number of phenols is 1. The Bertz CT molecular complexity index is 653. The van der Waals surface area contributed by atoms with Crippen LogP contribution in [0.3, 0.4) is 0 Å². The first-order valence-electron chi connectivity index (χ1n) is 5.93. The Labute approximate surface area is 121 Å². The van der Waals surface area contributed by atoms with Gasteiger partial charge in [-0.2, -0.15) is 0 Å². The maximum atomic E-state index is 11.1. The maximum Gasteiger partial charge on any atom is 0.251 e. The minimum atomic E-state index is -0.409. The summed E-state index contributed by atoms with van der Waals surface area (Å²) in [6.07, 6.45) is 1.69. The van der Waals surface area contributed by atoms with E-state index in [2.05, 4.69) is 0 Å². The highest BCUT2D eigenvalue weighted by Gasteiger charge is 2.12. The molecule has 0 aromatic heterocycles. The number of rotatable bonds is 4. The van der Waals surface area contributed by atoms with Gasteiger partial charge in [0.15, 0.2) is 0 Å². The Morgan fingerprint density at radius 3 is 2.55 bits per heavy atom. The van der Waals surface area contributed by atoms with Gasteiger partial charge in [-0.25, -0.2) is 0 Å². The number of benzene rings is 2. The molecule has 0 amide bonds. The highest BCUT2D eigenvalue weighted by atomic mass is 35.5. The summed E-state index contributed by atoms with van der Waals surface area (Å²) in [5.41, 5.74) is 1.51. The van der Waals surface area contributed by atoms with Gasteiger partial charge in [0.1, 0.15) is 5.75 Å². The molecule has 0 radical (unpaired) electrons. The molecule has 102 valence electrons. The molecule has 0 heterocycles. The minimum absolute atomic E-state index is 0.0467. The van der Waals surface area contributed by atoms with Crippen molar-refractivity contribution in [2.45, 2.75) is 6.42 Å². The molecule has 4 nitrogen and oxygen atoms in total. The lowest BCUT2D eigenvalue weighted by molar-refractivity contribution is -0.425. The zero-order chi connectivity index (χ0) is 14.5. The summed E-state index contributed by atoms with van der Waals surface area (Å²) < 4.78 is 0. The first kappa shape index (κ1) is 14.1. The van der Waals surface area contributed by atoms with Gasteiger partial charge in [0.25, 0.3) is 5.70 Å². The lowest BCUT2D eigenvalue weighted by Gasteiger charge is -2.01. The summed E-state index contributed by atoms with van der Waals surface area (Å²) in [4.78, 5) is 10.7. The second-order valence-electron chi connectivity index (χ2n) is 4.27. The van der Waals surface area contributed by atoms with E-state index in [1.165, 1.54) is 18.2 Å². The standard InChI is InChI=1S/C15H12ClNO3/c16-14-10-12(6-7-15(14)18)9-13(17(19)20)8-11-4-2-1-3-5-11/h1-7,9-10,18H,8H2. The van der Waals surface area contributed by atoms with Crippen molar-refractivity contribution in [2.24, 2.45) is 0 Å². The molecule has 0 saturated carbocycles. The molecule has 0 aliphatic heterocycles. The fraction of sp³-hybridized carbons (Fsp3) is 0.0667. The molecule has 0 atom stereocenters. The van der Waals surface area contributed by atoms with Gasteiger partial charge in [-0.05, 0) is 23.3 Å². The molecule has 2 aromatic carbocycles. The highest BCUT2D eigenvalue weighted by molar-refractivity contribution is 6.32. The zero-order valence-corrected chi connectivity index (χ0v) is 11.2. The first-order chi connectivity index (χ1) is 9.56. The molecule has 2 aromatic rings. The van der Waals surface area contributed by atoms with E-state index < -0.39 is 4.92 Å². The summed E-state index contributed by atoms with van der Waals surface area (Å²) in [6, 6.07) is 13.7. The normalized spacial score (nSPS) is 11.3. The molecule has 0 unspecified atom stereocenters. The molecular weight excluding hydrogens is 278 g/mol. The van der Waals surface area contributed by atoms with Gasteiger partial charge < -0.3 is 5.11 Å². The van der Waals surface area contributed by atoms with Crippen molar-refractivity contribution in [1.82, 2.24) is 0 Å². The summed E-state index contributed by atoms with van der Waals surface area (Å²) in [6.45, 7) is 0. The average molecular weight is 290 g/mol. The number of nitrogens with zero attached hydrogens (tertiary/aromatic N) is 1. The molecule has 5 heteroatoms. The summed E-state index contributed by atoms with van der Waals surface area (Å²) >= 11 is 5.79. The smallest absolute Gasteiger partial charge is 0.251 e. The molecular formula is C15H12ClNO3. The van der Waals surface area contributed by atoms with Crippen LogP contribution in [0.4, 0.5) is 0 Å². The van der Waals surface area contributed by atoms with Crippen molar-refractivity contribution in [1.29, 1.82) is 0 Å². The SMILES string of the molecule is O=[N+]([O-])C(=Cc1ccc(O)c(Cl)c1)Cc1ccccc1. The second kappa shape index (κ2) is 6.21. The zero-order valence-electron chi connectivity index (χ0n) is 10.5. The summed E-state index contributed by atoms with van der Waals surface area (Å²) in [5, 5.41) is 20.6. The van der Waals surface area contributed by atoms with Crippen LogP contribution in [0.1, 0.15) is 11.1 Å². The minimum Gasteiger partial charge on any atom is -0.506 e. The number of aromatic hydroxyl groups is 1. The van der Waals surface area contributed by atoms with Crippen LogP contribution in [-0.4, -0.2) is 10.0 Å². The quantitative estimate of drug-likeness (QED) is 0.685. The molecule has 0 aliphatic rings. The van der Waals surface area contributed by atoms with Gasteiger partial charge in [-0.1, -0.05) is 48.0 Å². The van der Waals surface area contributed by atoms with Crippen molar-refractivity contribution < 1.29 is 10.0 Å². The van der Waals surface area contributed by atoms with Crippen LogP contribution >= 0.6 is 11.6 Å². The monoisotopic (exact) mass is 289 g/mol.